The highest BCUT2D eigenvalue weighted by Crippen LogP contribution is 2.25. The lowest BCUT2D eigenvalue weighted by Gasteiger charge is -2.09. The van der Waals surface area contributed by atoms with Crippen LogP contribution in [0.15, 0.2) is 0 Å². The molecule has 1 fully saturated rings. The Hall–Kier alpha value is -1.38. The van der Waals surface area contributed by atoms with Crippen LogP contribution < -0.4 is 16.4 Å². The van der Waals surface area contributed by atoms with Crippen LogP contribution in [0.5, 0.6) is 0 Å². The third-order valence-corrected chi connectivity index (χ3v) is 3.73. The zero-order valence-electron chi connectivity index (χ0n) is 10.8. The molecule has 0 bridgehead atoms. The molecule has 1 aromatic heterocycles. The standard InChI is InChI=1S/C11H18N4O3S/c1-17-5-3-13-11-15-9(12)8(19-11)10(16)14-7-2-4-18-6-7/h7H,2-6,12H2,1H3,(H,13,15)(H,14,16). The fraction of sp³-hybridized carbons (Fsp3) is 0.636. The molecule has 0 radical (unpaired) electrons. The number of nitrogens with two attached hydrogens (primary N) is 1. The summed E-state index contributed by atoms with van der Waals surface area (Å²) in [6, 6.07) is 0.0684. The first-order valence-corrected chi connectivity index (χ1v) is 6.90. The first-order valence-electron chi connectivity index (χ1n) is 6.08. The van der Waals surface area contributed by atoms with E-state index in [4.69, 9.17) is 15.2 Å². The number of nitrogen functional groups attached to an aromatic ring is 1. The molecular weight excluding hydrogens is 268 g/mol. The Balaban J connectivity index is 1.92. The third-order valence-electron chi connectivity index (χ3n) is 2.71. The summed E-state index contributed by atoms with van der Waals surface area (Å²) in [4.78, 5) is 16.6. The van der Waals surface area contributed by atoms with Crippen LogP contribution in [0.2, 0.25) is 0 Å². The maximum absolute atomic E-state index is 12.0. The van der Waals surface area contributed by atoms with E-state index >= 15 is 0 Å². The lowest BCUT2D eigenvalue weighted by atomic mass is 10.2. The van der Waals surface area contributed by atoms with Gasteiger partial charge < -0.3 is 25.8 Å². The van der Waals surface area contributed by atoms with Crippen molar-refractivity contribution in [2.24, 2.45) is 0 Å². The number of hydrogen-bond donors (Lipinski definition) is 3. The summed E-state index contributed by atoms with van der Waals surface area (Å²) >= 11 is 1.25. The highest BCUT2D eigenvalue weighted by molar-refractivity contribution is 7.18. The molecule has 0 aromatic carbocycles. The topological polar surface area (TPSA) is 98.5 Å². The van der Waals surface area contributed by atoms with Crippen molar-refractivity contribution in [1.29, 1.82) is 0 Å². The normalized spacial score (nSPS) is 18.5. The molecule has 0 saturated carbocycles. The van der Waals surface area contributed by atoms with Gasteiger partial charge in [-0.15, -0.1) is 0 Å². The highest BCUT2D eigenvalue weighted by atomic mass is 32.1. The molecule has 106 valence electrons. The molecule has 7 nitrogen and oxygen atoms in total. The van der Waals surface area contributed by atoms with E-state index in [0.717, 1.165) is 6.42 Å². The fourth-order valence-electron chi connectivity index (χ4n) is 1.73. The largest absolute Gasteiger partial charge is 0.383 e. The van der Waals surface area contributed by atoms with Gasteiger partial charge in [0.25, 0.3) is 5.91 Å². The number of hydrogen-bond acceptors (Lipinski definition) is 7. The van der Waals surface area contributed by atoms with E-state index in [9.17, 15) is 4.79 Å². The van der Waals surface area contributed by atoms with Gasteiger partial charge in [-0.05, 0) is 6.42 Å². The van der Waals surface area contributed by atoms with E-state index in [0.29, 0.717) is 36.4 Å². The van der Waals surface area contributed by atoms with Crippen LogP contribution in [-0.4, -0.2) is 50.4 Å². The zero-order valence-corrected chi connectivity index (χ0v) is 11.6. The van der Waals surface area contributed by atoms with Crippen molar-refractivity contribution in [2.75, 3.05) is 44.5 Å². The molecule has 2 rings (SSSR count). The van der Waals surface area contributed by atoms with Crippen LogP contribution in [0, 0.1) is 0 Å². The van der Waals surface area contributed by atoms with Gasteiger partial charge in [-0.2, -0.15) is 0 Å². The highest BCUT2D eigenvalue weighted by Gasteiger charge is 2.22. The van der Waals surface area contributed by atoms with Crippen LogP contribution in [0.4, 0.5) is 10.9 Å². The predicted octanol–water partition coefficient (Wildman–Crippen LogP) is 0.302. The second-order valence-corrected chi connectivity index (χ2v) is 5.19. The summed E-state index contributed by atoms with van der Waals surface area (Å²) in [5, 5.41) is 6.57. The quantitative estimate of drug-likeness (QED) is 0.651. The predicted molar refractivity (Wildman–Crippen MR) is 73.6 cm³/mol. The zero-order chi connectivity index (χ0) is 13.7. The summed E-state index contributed by atoms with van der Waals surface area (Å²) in [7, 11) is 1.63. The van der Waals surface area contributed by atoms with Crippen molar-refractivity contribution in [3.05, 3.63) is 4.88 Å². The van der Waals surface area contributed by atoms with Gasteiger partial charge in [-0.25, -0.2) is 4.98 Å². The van der Waals surface area contributed by atoms with Crippen molar-refractivity contribution < 1.29 is 14.3 Å². The minimum absolute atomic E-state index is 0.0684. The number of thiazole rings is 1. The summed E-state index contributed by atoms with van der Waals surface area (Å²) in [6.07, 6.45) is 0.837. The smallest absolute Gasteiger partial charge is 0.265 e. The summed E-state index contributed by atoms with van der Waals surface area (Å²) in [6.45, 7) is 2.44. The van der Waals surface area contributed by atoms with Crippen LogP contribution in [0.3, 0.4) is 0 Å². The first kappa shape index (κ1) is 14.0. The molecule has 0 spiro atoms. The maximum Gasteiger partial charge on any atom is 0.265 e. The second kappa shape index (κ2) is 6.69. The average molecular weight is 286 g/mol. The van der Waals surface area contributed by atoms with Crippen LogP contribution in [-0.2, 0) is 9.47 Å². The summed E-state index contributed by atoms with van der Waals surface area (Å²) < 4.78 is 10.1. The molecular formula is C11H18N4O3S. The van der Waals surface area contributed by atoms with Crippen LogP contribution in [0.1, 0.15) is 16.1 Å². The Morgan fingerprint density at radius 2 is 2.53 bits per heavy atom. The third kappa shape index (κ3) is 3.79. The van der Waals surface area contributed by atoms with E-state index in [1.807, 2.05) is 0 Å². The van der Waals surface area contributed by atoms with Crippen LogP contribution >= 0.6 is 11.3 Å². The molecule has 1 aliphatic heterocycles. The second-order valence-electron chi connectivity index (χ2n) is 4.19. The minimum Gasteiger partial charge on any atom is -0.383 e. The van der Waals surface area contributed by atoms with Gasteiger partial charge in [0.2, 0.25) is 0 Å². The van der Waals surface area contributed by atoms with Gasteiger partial charge in [0.15, 0.2) is 5.13 Å². The Labute approximate surface area is 115 Å². The van der Waals surface area contributed by atoms with Crippen molar-refractivity contribution in [2.45, 2.75) is 12.5 Å². The van der Waals surface area contributed by atoms with E-state index in [1.165, 1.54) is 11.3 Å². The molecule has 1 unspecified atom stereocenters. The van der Waals surface area contributed by atoms with Gasteiger partial charge in [0.05, 0.1) is 19.3 Å². The molecule has 4 N–H and O–H groups in total. The van der Waals surface area contributed by atoms with Crippen molar-refractivity contribution in [1.82, 2.24) is 10.3 Å². The molecule has 8 heteroatoms. The maximum atomic E-state index is 12.0. The average Bonchev–Trinajstić information content (AvgIpc) is 2.99. The number of nitrogens with zero attached hydrogens (tertiary/aromatic N) is 1. The Bertz CT molecular complexity index is 432. The van der Waals surface area contributed by atoms with Gasteiger partial charge >= 0.3 is 0 Å². The molecule has 19 heavy (non-hydrogen) atoms. The number of ether oxygens (including phenoxy) is 2. The molecule has 1 amide bonds. The molecule has 1 aromatic rings. The van der Waals surface area contributed by atoms with E-state index < -0.39 is 0 Å². The van der Waals surface area contributed by atoms with E-state index in [1.54, 1.807) is 7.11 Å². The number of carbonyl (C=O) groups excluding carboxylic acids is 1. The molecule has 0 aliphatic carbocycles. The summed E-state index contributed by atoms with van der Waals surface area (Å²) in [5.74, 6) is 0.0617. The Morgan fingerprint density at radius 3 is 3.21 bits per heavy atom. The SMILES string of the molecule is COCCNc1nc(N)c(C(=O)NC2CCOC2)s1. The van der Waals surface area contributed by atoms with Crippen molar-refractivity contribution in [3.8, 4) is 0 Å². The van der Waals surface area contributed by atoms with Gasteiger partial charge in [-0.3, -0.25) is 4.79 Å². The van der Waals surface area contributed by atoms with Gasteiger partial charge in [0, 0.05) is 20.3 Å². The first-order chi connectivity index (χ1) is 9.20. The molecule has 1 atom stereocenters. The number of amides is 1. The van der Waals surface area contributed by atoms with Crippen LogP contribution in [0.25, 0.3) is 0 Å². The van der Waals surface area contributed by atoms with Gasteiger partial charge in [-0.1, -0.05) is 11.3 Å². The van der Waals surface area contributed by atoms with Crippen molar-refractivity contribution in [3.63, 3.8) is 0 Å². The minimum atomic E-state index is -0.190. The number of rotatable bonds is 6. The Kier molecular flexibility index (Phi) is 4.94. The molecule has 2 heterocycles. The fourth-order valence-corrected chi connectivity index (χ4v) is 2.54. The Morgan fingerprint density at radius 1 is 1.68 bits per heavy atom. The van der Waals surface area contributed by atoms with Crippen molar-refractivity contribution >= 4 is 28.2 Å². The monoisotopic (exact) mass is 286 g/mol. The summed E-state index contributed by atoms with van der Waals surface area (Å²) in [5.41, 5.74) is 5.76. The van der Waals surface area contributed by atoms with Gasteiger partial charge in [0.1, 0.15) is 10.7 Å². The lowest BCUT2D eigenvalue weighted by molar-refractivity contribution is 0.0934. The van der Waals surface area contributed by atoms with E-state index in [2.05, 4.69) is 15.6 Å². The number of nitrogens with one attached hydrogen (secondary N) is 2. The number of methoxy groups -OCH3 is 1. The van der Waals surface area contributed by atoms with E-state index in [-0.39, 0.29) is 17.8 Å². The molecule has 1 aliphatic rings. The number of anilines is 2. The molecule has 1 saturated heterocycles. The number of aromatic nitrogens is 1. The lowest BCUT2D eigenvalue weighted by Crippen LogP contribution is -2.34. The number of carbonyl (C=O) groups is 1.